The Hall–Kier alpha value is -1.44. The van der Waals surface area contributed by atoms with Crippen LogP contribution in [0.2, 0.25) is 0 Å². The van der Waals surface area contributed by atoms with Crippen LogP contribution in [-0.4, -0.2) is 26.9 Å². The van der Waals surface area contributed by atoms with Gasteiger partial charge in [-0.25, -0.2) is 13.1 Å². The average molecular weight is 285 g/mol. The SMILES string of the molecule is CC(=O)NCc1ccc(S(=O)(=O)N[C@H](C)CN)cc1. The molecule has 0 saturated heterocycles. The fourth-order valence-electron chi connectivity index (χ4n) is 1.39. The summed E-state index contributed by atoms with van der Waals surface area (Å²) in [6, 6.07) is 6.02. The lowest BCUT2D eigenvalue weighted by molar-refractivity contribution is -0.119. The zero-order chi connectivity index (χ0) is 14.5. The van der Waals surface area contributed by atoms with Crippen LogP contribution in [0.4, 0.5) is 0 Å². The number of sulfonamides is 1. The second kappa shape index (κ2) is 6.65. The molecule has 0 aliphatic carbocycles. The fourth-order valence-corrected chi connectivity index (χ4v) is 2.65. The first-order chi connectivity index (χ1) is 8.85. The van der Waals surface area contributed by atoms with E-state index in [0.717, 1.165) is 5.56 Å². The van der Waals surface area contributed by atoms with E-state index in [2.05, 4.69) is 10.0 Å². The molecule has 0 aromatic heterocycles. The molecule has 1 aromatic carbocycles. The van der Waals surface area contributed by atoms with Crippen molar-refractivity contribution in [3.05, 3.63) is 29.8 Å². The van der Waals surface area contributed by atoms with Crippen molar-refractivity contribution in [2.24, 2.45) is 5.73 Å². The zero-order valence-corrected chi connectivity index (χ0v) is 11.8. The summed E-state index contributed by atoms with van der Waals surface area (Å²) in [5, 5.41) is 2.64. The Morgan fingerprint density at radius 1 is 1.32 bits per heavy atom. The van der Waals surface area contributed by atoms with Gasteiger partial charge in [-0.05, 0) is 24.6 Å². The maximum atomic E-state index is 11.9. The largest absolute Gasteiger partial charge is 0.352 e. The van der Waals surface area contributed by atoms with Gasteiger partial charge in [0.05, 0.1) is 4.90 Å². The Morgan fingerprint density at radius 2 is 1.89 bits per heavy atom. The highest BCUT2D eigenvalue weighted by Gasteiger charge is 2.16. The number of carbonyl (C=O) groups is 1. The molecule has 1 aromatic rings. The molecule has 0 fully saturated rings. The summed E-state index contributed by atoms with van der Waals surface area (Å²) in [5.74, 6) is -0.130. The van der Waals surface area contributed by atoms with Gasteiger partial charge in [-0.15, -0.1) is 0 Å². The molecular formula is C12H19N3O3S. The predicted molar refractivity (Wildman–Crippen MR) is 72.8 cm³/mol. The third-order valence-electron chi connectivity index (χ3n) is 2.48. The van der Waals surface area contributed by atoms with Gasteiger partial charge in [-0.2, -0.15) is 0 Å². The first kappa shape index (κ1) is 15.6. The molecule has 0 aliphatic heterocycles. The molecule has 0 saturated carbocycles. The number of hydrogen-bond donors (Lipinski definition) is 3. The number of nitrogens with one attached hydrogen (secondary N) is 2. The summed E-state index contributed by atoms with van der Waals surface area (Å²) in [6.45, 7) is 3.74. The quantitative estimate of drug-likeness (QED) is 0.682. The molecular weight excluding hydrogens is 266 g/mol. The van der Waals surface area contributed by atoms with Crippen LogP contribution in [0.15, 0.2) is 29.2 Å². The van der Waals surface area contributed by atoms with E-state index in [1.165, 1.54) is 19.1 Å². The summed E-state index contributed by atoms with van der Waals surface area (Å²) in [4.78, 5) is 10.9. The van der Waals surface area contributed by atoms with Crippen molar-refractivity contribution in [3.8, 4) is 0 Å². The van der Waals surface area contributed by atoms with Crippen LogP contribution in [0.1, 0.15) is 19.4 Å². The van der Waals surface area contributed by atoms with Crippen molar-refractivity contribution in [3.63, 3.8) is 0 Å². The second-order valence-electron chi connectivity index (χ2n) is 4.31. The Bertz CT molecular complexity index is 526. The van der Waals surface area contributed by atoms with Gasteiger partial charge in [-0.1, -0.05) is 12.1 Å². The first-order valence-electron chi connectivity index (χ1n) is 5.91. The third-order valence-corrected chi connectivity index (χ3v) is 4.09. The Balaban J connectivity index is 2.77. The van der Waals surface area contributed by atoms with Crippen molar-refractivity contribution >= 4 is 15.9 Å². The first-order valence-corrected chi connectivity index (χ1v) is 7.39. The number of carbonyl (C=O) groups excluding carboxylic acids is 1. The van der Waals surface area contributed by atoms with Gasteiger partial charge in [0.25, 0.3) is 0 Å². The average Bonchev–Trinajstić information content (AvgIpc) is 2.36. The lowest BCUT2D eigenvalue weighted by Crippen LogP contribution is -2.37. The van der Waals surface area contributed by atoms with E-state index in [4.69, 9.17) is 5.73 Å². The van der Waals surface area contributed by atoms with Crippen LogP contribution >= 0.6 is 0 Å². The van der Waals surface area contributed by atoms with E-state index < -0.39 is 10.0 Å². The molecule has 19 heavy (non-hydrogen) atoms. The van der Waals surface area contributed by atoms with Crippen LogP contribution in [0.5, 0.6) is 0 Å². The molecule has 0 radical (unpaired) electrons. The van der Waals surface area contributed by atoms with Gasteiger partial charge in [0.1, 0.15) is 0 Å². The standard InChI is InChI=1S/C12H19N3O3S/c1-9(7-13)15-19(17,18)12-5-3-11(4-6-12)8-14-10(2)16/h3-6,9,15H,7-8,13H2,1-2H3,(H,14,16)/t9-/m1/s1. The van der Waals surface area contributed by atoms with Gasteiger partial charge in [0.2, 0.25) is 15.9 Å². The van der Waals surface area contributed by atoms with Crippen molar-refractivity contribution in [1.82, 2.24) is 10.0 Å². The molecule has 6 nitrogen and oxygen atoms in total. The van der Waals surface area contributed by atoms with E-state index >= 15 is 0 Å². The van der Waals surface area contributed by atoms with Crippen molar-refractivity contribution in [2.75, 3.05) is 6.54 Å². The second-order valence-corrected chi connectivity index (χ2v) is 6.03. The van der Waals surface area contributed by atoms with Crippen LogP contribution in [0.25, 0.3) is 0 Å². The number of hydrogen-bond acceptors (Lipinski definition) is 4. The Kier molecular flexibility index (Phi) is 5.46. The van der Waals surface area contributed by atoms with Crippen LogP contribution in [-0.2, 0) is 21.4 Å². The van der Waals surface area contributed by atoms with E-state index in [1.807, 2.05) is 0 Å². The van der Waals surface area contributed by atoms with Gasteiger partial charge in [-0.3, -0.25) is 4.79 Å². The van der Waals surface area contributed by atoms with Gasteiger partial charge >= 0.3 is 0 Å². The molecule has 0 spiro atoms. The smallest absolute Gasteiger partial charge is 0.240 e. The van der Waals surface area contributed by atoms with Crippen molar-refractivity contribution < 1.29 is 13.2 Å². The molecule has 1 rings (SSSR count). The summed E-state index contributed by atoms with van der Waals surface area (Å²) in [6.07, 6.45) is 0. The number of amides is 1. The van der Waals surface area contributed by atoms with Gasteiger partial charge in [0, 0.05) is 26.1 Å². The molecule has 0 heterocycles. The monoisotopic (exact) mass is 285 g/mol. The summed E-state index contributed by atoms with van der Waals surface area (Å²) in [5.41, 5.74) is 6.22. The molecule has 7 heteroatoms. The van der Waals surface area contributed by atoms with Crippen molar-refractivity contribution in [1.29, 1.82) is 0 Å². The topological polar surface area (TPSA) is 101 Å². The Labute approximate surface area is 113 Å². The molecule has 0 unspecified atom stereocenters. The molecule has 4 N–H and O–H groups in total. The molecule has 0 bridgehead atoms. The summed E-state index contributed by atoms with van der Waals surface area (Å²) >= 11 is 0. The summed E-state index contributed by atoms with van der Waals surface area (Å²) < 4.78 is 26.4. The minimum atomic E-state index is -3.54. The minimum absolute atomic E-state index is 0.130. The molecule has 1 amide bonds. The highest BCUT2D eigenvalue weighted by molar-refractivity contribution is 7.89. The Morgan fingerprint density at radius 3 is 2.37 bits per heavy atom. The highest BCUT2D eigenvalue weighted by Crippen LogP contribution is 2.11. The number of rotatable bonds is 6. The normalized spacial score (nSPS) is 13.0. The molecule has 0 aliphatic rings. The molecule has 106 valence electrons. The van der Waals surface area contributed by atoms with E-state index in [0.29, 0.717) is 6.54 Å². The number of nitrogens with two attached hydrogens (primary N) is 1. The van der Waals surface area contributed by atoms with E-state index in [9.17, 15) is 13.2 Å². The molecule has 1 atom stereocenters. The fraction of sp³-hybridized carbons (Fsp3) is 0.417. The maximum absolute atomic E-state index is 11.9. The summed E-state index contributed by atoms with van der Waals surface area (Å²) in [7, 11) is -3.54. The van der Waals surface area contributed by atoms with Crippen LogP contribution < -0.4 is 15.8 Å². The maximum Gasteiger partial charge on any atom is 0.240 e. The van der Waals surface area contributed by atoms with Crippen LogP contribution in [0, 0.1) is 0 Å². The van der Waals surface area contributed by atoms with Gasteiger partial charge in [0.15, 0.2) is 0 Å². The van der Waals surface area contributed by atoms with E-state index in [1.54, 1.807) is 19.1 Å². The van der Waals surface area contributed by atoms with E-state index in [-0.39, 0.29) is 23.4 Å². The highest BCUT2D eigenvalue weighted by atomic mass is 32.2. The van der Waals surface area contributed by atoms with Crippen LogP contribution in [0.3, 0.4) is 0 Å². The lowest BCUT2D eigenvalue weighted by atomic mass is 10.2. The third kappa shape index (κ3) is 4.98. The zero-order valence-electron chi connectivity index (χ0n) is 11.0. The van der Waals surface area contributed by atoms with Crippen molar-refractivity contribution in [2.45, 2.75) is 31.3 Å². The number of benzene rings is 1. The van der Waals surface area contributed by atoms with Gasteiger partial charge < -0.3 is 11.1 Å². The predicted octanol–water partition coefficient (Wildman–Crippen LogP) is -0.0518. The lowest BCUT2D eigenvalue weighted by Gasteiger charge is -2.12. The minimum Gasteiger partial charge on any atom is -0.352 e.